The van der Waals surface area contributed by atoms with Gasteiger partial charge in [0, 0.05) is 60.7 Å². The Labute approximate surface area is 259 Å². The van der Waals surface area contributed by atoms with Gasteiger partial charge in [-0.1, -0.05) is 0 Å². The highest BCUT2D eigenvalue weighted by Gasteiger charge is 2.49. The van der Waals surface area contributed by atoms with Gasteiger partial charge in [0.15, 0.2) is 0 Å². The molecule has 4 aliphatic rings. The molecule has 1 aromatic carbocycles. The van der Waals surface area contributed by atoms with Crippen molar-refractivity contribution < 1.29 is 22.3 Å². The summed E-state index contributed by atoms with van der Waals surface area (Å²) in [6.45, 7) is 4.62. The molecule has 0 unspecified atom stereocenters. The minimum atomic E-state index is -4.61. The standard InChI is InChI=1S/C31H30F4N8OS/c1-15-7-21-20(11-38-41-21)22(24(15)31(33,34)35)25-26-19(3-5-36-25)23-27(43-13-17-8-18(43)10-37-17)39-29(40-28(23)45-26)44-14-30-4-2-6-42(30)12-16(32)9-30/h3,5,7,11,16-18,37H,2,4,6,8-10,12-14H2,1H3,(H,38,41)/t16-,17-,18-,30+/m1/s1. The van der Waals surface area contributed by atoms with Crippen LogP contribution in [0.3, 0.4) is 0 Å². The number of H-pyrrole nitrogens is 1. The van der Waals surface area contributed by atoms with Gasteiger partial charge < -0.3 is 15.0 Å². The van der Waals surface area contributed by atoms with Crippen molar-refractivity contribution in [2.45, 2.75) is 62.6 Å². The zero-order valence-electron chi connectivity index (χ0n) is 24.4. The summed E-state index contributed by atoms with van der Waals surface area (Å²) in [4.78, 5) is 19.5. The van der Waals surface area contributed by atoms with Crippen LogP contribution in [0.2, 0.25) is 0 Å². The number of hydrogen-bond donors (Lipinski definition) is 2. The number of rotatable bonds is 5. The first-order valence-corrected chi connectivity index (χ1v) is 16.2. The number of nitrogens with zero attached hydrogens (tertiary/aromatic N) is 6. The van der Waals surface area contributed by atoms with E-state index in [1.807, 2.05) is 6.07 Å². The maximum absolute atomic E-state index is 14.6. The van der Waals surface area contributed by atoms with E-state index in [1.165, 1.54) is 30.5 Å². The Morgan fingerprint density at radius 3 is 2.89 bits per heavy atom. The molecule has 0 radical (unpaired) electrons. The van der Waals surface area contributed by atoms with Gasteiger partial charge in [-0.05, 0) is 50.4 Å². The van der Waals surface area contributed by atoms with Crippen molar-refractivity contribution in [2.24, 2.45) is 0 Å². The lowest BCUT2D eigenvalue weighted by molar-refractivity contribution is -0.137. The molecule has 9 rings (SSSR count). The van der Waals surface area contributed by atoms with Gasteiger partial charge in [0.25, 0.3) is 0 Å². The number of aromatic amines is 1. The highest BCUT2D eigenvalue weighted by molar-refractivity contribution is 7.26. The summed E-state index contributed by atoms with van der Waals surface area (Å²) in [5.41, 5.74) is -0.252. The predicted molar refractivity (Wildman–Crippen MR) is 164 cm³/mol. The highest BCUT2D eigenvalue weighted by Crippen LogP contribution is 2.49. The largest absolute Gasteiger partial charge is 0.461 e. The van der Waals surface area contributed by atoms with Gasteiger partial charge in [-0.3, -0.25) is 15.0 Å². The van der Waals surface area contributed by atoms with Crippen molar-refractivity contribution in [1.82, 2.24) is 35.4 Å². The molecule has 8 heterocycles. The van der Waals surface area contributed by atoms with Crippen molar-refractivity contribution in [3.8, 4) is 17.3 Å². The normalized spacial score (nSPS) is 26.7. The number of ether oxygens (including phenoxy) is 1. The lowest BCUT2D eigenvalue weighted by Crippen LogP contribution is -2.44. The first-order chi connectivity index (χ1) is 21.7. The Hall–Kier alpha value is -3.62. The summed E-state index contributed by atoms with van der Waals surface area (Å²) < 4.78 is 65.3. The van der Waals surface area contributed by atoms with Crippen LogP contribution in [-0.4, -0.2) is 86.6 Å². The van der Waals surface area contributed by atoms with Gasteiger partial charge in [-0.15, -0.1) is 11.3 Å². The molecular formula is C31H30F4N8OS. The SMILES string of the molecule is Cc1cc2[nH]ncc2c(-c2nccc3c2sc2nc(OC[C@@]45CCCN4C[C@H](F)C5)nc(N4C[C@H]5C[C@@H]4CN5)c23)c1C(F)(F)F. The molecule has 0 spiro atoms. The maximum atomic E-state index is 14.6. The quantitative estimate of drug-likeness (QED) is 0.240. The number of aryl methyl sites for hydroxylation is 1. The Morgan fingerprint density at radius 1 is 1.20 bits per heavy atom. The number of pyridine rings is 1. The smallest absolute Gasteiger partial charge is 0.417 e. The van der Waals surface area contributed by atoms with Gasteiger partial charge in [0.05, 0.1) is 38.6 Å². The molecule has 2 bridgehead atoms. The molecule has 0 amide bonds. The van der Waals surface area contributed by atoms with Gasteiger partial charge in [0.2, 0.25) is 0 Å². The summed E-state index contributed by atoms with van der Waals surface area (Å²) in [5.74, 6) is 0.719. The lowest BCUT2D eigenvalue weighted by atomic mass is 9.94. The van der Waals surface area contributed by atoms with Crippen LogP contribution in [0.1, 0.15) is 36.8 Å². The van der Waals surface area contributed by atoms with E-state index in [4.69, 9.17) is 14.7 Å². The molecule has 4 aromatic heterocycles. The van der Waals surface area contributed by atoms with E-state index in [0.717, 1.165) is 55.5 Å². The number of halogens is 4. The van der Waals surface area contributed by atoms with Crippen LogP contribution >= 0.6 is 11.3 Å². The second kappa shape index (κ2) is 9.69. The number of fused-ring (bicyclic) bond motifs is 7. The van der Waals surface area contributed by atoms with Gasteiger partial charge in [-0.2, -0.15) is 28.2 Å². The van der Waals surface area contributed by atoms with Crippen LogP contribution in [-0.2, 0) is 6.18 Å². The van der Waals surface area contributed by atoms with Crippen LogP contribution < -0.4 is 15.0 Å². The summed E-state index contributed by atoms with van der Waals surface area (Å²) in [5, 5.41) is 12.3. The topological polar surface area (TPSA) is 95.1 Å². The summed E-state index contributed by atoms with van der Waals surface area (Å²) in [6, 6.07) is 4.10. The second-order valence-corrected chi connectivity index (χ2v) is 13.9. The fraction of sp³-hybridized carbons (Fsp3) is 0.484. The number of aromatic nitrogens is 5. The Balaban J connectivity index is 1.23. The Bertz CT molecular complexity index is 1990. The average molecular weight is 639 g/mol. The molecular weight excluding hydrogens is 608 g/mol. The van der Waals surface area contributed by atoms with Gasteiger partial charge in [0.1, 0.15) is 23.4 Å². The van der Waals surface area contributed by atoms with Crippen molar-refractivity contribution in [2.75, 3.05) is 37.7 Å². The van der Waals surface area contributed by atoms with Crippen LogP contribution in [0.15, 0.2) is 24.5 Å². The minimum Gasteiger partial charge on any atom is -0.461 e. The zero-order valence-corrected chi connectivity index (χ0v) is 25.2. The molecule has 45 heavy (non-hydrogen) atoms. The number of anilines is 1. The number of alkyl halides is 4. The average Bonchev–Trinajstić information content (AvgIpc) is 3.83. The number of piperazine rings is 1. The van der Waals surface area contributed by atoms with Crippen molar-refractivity contribution in [1.29, 1.82) is 0 Å². The first-order valence-electron chi connectivity index (χ1n) is 15.3. The van der Waals surface area contributed by atoms with E-state index < -0.39 is 17.9 Å². The van der Waals surface area contributed by atoms with E-state index in [-0.39, 0.29) is 34.4 Å². The molecule has 14 heteroatoms. The lowest BCUT2D eigenvalue weighted by Gasteiger charge is -2.31. The van der Waals surface area contributed by atoms with E-state index in [2.05, 4.69) is 30.3 Å². The van der Waals surface area contributed by atoms with Gasteiger partial charge >= 0.3 is 12.2 Å². The van der Waals surface area contributed by atoms with E-state index in [0.29, 0.717) is 46.0 Å². The molecule has 234 valence electrons. The van der Waals surface area contributed by atoms with E-state index in [1.54, 1.807) is 6.20 Å². The molecule has 4 saturated heterocycles. The number of benzene rings is 1. The third-order valence-electron chi connectivity index (χ3n) is 10.2. The van der Waals surface area contributed by atoms with Crippen molar-refractivity contribution >= 4 is 48.4 Å². The van der Waals surface area contributed by atoms with Crippen molar-refractivity contribution in [3.05, 3.63) is 35.7 Å². The number of thiophene rings is 1. The molecule has 9 nitrogen and oxygen atoms in total. The fourth-order valence-corrected chi connectivity index (χ4v) is 9.47. The summed E-state index contributed by atoms with van der Waals surface area (Å²) in [6.07, 6.45) is 0.790. The number of nitrogens with one attached hydrogen (secondary N) is 2. The third-order valence-corrected chi connectivity index (χ3v) is 11.3. The van der Waals surface area contributed by atoms with Crippen LogP contribution in [0.5, 0.6) is 6.01 Å². The van der Waals surface area contributed by atoms with E-state index in [9.17, 15) is 17.6 Å². The Kier molecular flexibility index (Phi) is 5.96. The van der Waals surface area contributed by atoms with Crippen LogP contribution in [0, 0.1) is 6.92 Å². The van der Waals surface area contributed by atoms with Gasteiger partial charge in [-0.25, -0.2) is 4.39 Å². The monoisotopic (exact) mass is 638 g/mol. The highest BCUT2D eigenvalue weighted by atomic mass is 32.1. The van der Waals surface area contributed by atoms with Crippen LogP contribution in [0.25, 0.3) is 42.5 Å². The maximum Gasteiger partial charge on any atom is 0.417 e. The number of hydrogen-bond acceptors (Lipinski definition) is 9. The molecule has 0 saturated carbocycles. The predicted octanol–water partition coefficient (Wildman–Crippen LogP) is 5.62. The first kappa shape index (κ1) is 27.7. The summed E-state index contributed by atoms with van der Waals surface area (Å²) >= 11 is 1.30. The molecule has 2 N–H and O–H groups in total. The van der Waals surface area contributed by atoms with Crippen LogP contribution in [0.4, 0.5) is 23.4 Å². The fourth-order valence-electron chi connectivity index (χ4n) is 8.32. The van der Waals surface area contributed by atoms with Crippen molar-refractivity contribution in [3.63, 3.8) is 0 Å². The molecule has 4 aliphatic heterocycles. The Morgan fingerprint density at radius 2 is 2.09 bits per heavy atom. The minimum absolute atomic E-state index is 0.00116. The third kappa shape index (κ3) is 4.17. The molecule has 5 aromatic rings. The van der Waals surface area contributed by atoms with E-state index >= 15 is 0 Å². The molecule has 4 fully saturated rings. The molecule has 4 atom stereocenters. The second-order valence-electron chi connectivity index (χ2n) is 12.9. The molecule has 0 aliphatic carbocycles. The summed E-state index contributed by atoms with van der Waals surface area (Å²) in [7, 11) is 0. The zero-order chi connectivity index (χ0) is 30.7.